The van der Waals surface area contributed by atoms with E-state index in [0.717, 1.165) is 24.0 Å². The maximum absolute atomic E-state index is 11.8. The average Bonchev–Trinajstić information content (AvgIpc) is 3.05. The summed E-state index contributed by atoms with van der Waals surface area (Å²) < 4.78 is 0. The monoisotopic (exact) mass is 199 g/mol. The third-order valence-electron chi connectivity index (χ3n) is 2.80. The van der Waals surface area contributed by atoms with Crippen molar-refractivity contribution in [1.82, 2.24) is 0 Å². The Bertz CT molecular complexity index is 409. The van der Waals surface area contributed by atoms with Crippen molar-refractivity contribution in [3.05, 3.63) is 35.4 Å². The van der Waals surface area contributed by atoms with Gasteiger partial charge in [-0.25, -0.2) is 0 Å². The zero-order chi connectivity index (χ0) is 10.8. The van der Waals surface area contributed by atoms with E-state index in [0.29, 0.717) is 0 Å². The van der Waals surface area contributed by atoms with Crippen molar-refractivity contribution < 1.29 is 4.79 Å². The molecule has 0 saturated heterocycles. The first-order valence-electron chi connectivity index (χ1n) is 5.22. The number of hydrogen-bond donors (Lipinski definition) is 0. The van der Waals surface area contributed by atoms with E-state index in [-0.39, 0.29) is 11.7 Å². The standard InChI is InChI=1S/C13H13NO/c1-9-2-4-10(5-3-9)12(8-14)13(15)11-6-7-11/h2-5,11-12H,6-7H2,1H3. The van der Waals surface area contributed by atoms with Crippen molar-refractivity contribution in [3.63, 3.8) is 0 Å². The van der Waals surface area contributed by atoms with Crippen LogP contribution in [0.2, 0.25) is 0 Å². The van der Waals surface area contributed by atoms with E-state index in [1.54, 1.807) is 0 Å². The van der Waals surface area contributed by atoms with E-state index in [4.69, 9.17) is 5.26 Å². The summed E-state index contributed by atoms with van der Waals surface area (Å²) >= 11 is 0. The summed E-state index contributed by atoms with van der Waals surface area (Å²) in [6.45, 7) is 1.99. The number of carbonyl (C=O) groups is 1. The minimum atomic E-state index is -0.557. The molecule has 2 rings (SSSR count). The topological polar surface area (TPSA) is 40.9 Å². The van der Waals surface area contributed by atoms with Gasteiger partial charge in [0.25, 0.3) is 0 Å². The van der Waals surface area contributed by atoms with Crippen LogP contribution in [0.15, 0.2) is 24.3 Å². The van der Waals surface area contributed by atoms with Crippen LogP contribution in [-0.4, -0.2) is 5.78 Å². The second-order valence-corrected chi connectivity index (χ2v) is 4.15. The summed E-state index contributed by atoms with van der Waals surface area (Å²) in [4.78, 5) is 11.8. The van der Waals surface area contributed by atoms with E-state index in [1.807, 2.05) is 31.2 Å². The first kappa shape index (κ1) is 9.92. The first-order chi connectivity index (χ1) is 7.22. The van der Waals surface area contributed by atoms with Crippen molar-refractivity contribution in [1.29, 1.82) is 5.26 Å². The molecule has 1 aliphatic carbocycles. The summed E-state index contributed by atoms with van der Waals surface area (Å²) in [5.74, 6) is -0.310. The number of nitriles is 1. The number of ketones is 1. The Kier molecular flexibility index (Phi) is 2.55. The van der Waals surface area contributed by atoms with Crippen LogP contribution in [0, 0.1) is 24.2 Å². The molecule has 2 nitrogen and oxygen atoms in total. The number of nitrogens with zero attached hydrogens (tertiary/aromatic N) is 1. The molecule has 15 heavy (non-hydrogen) atoms. The molecule has 2 heteroatoms. The highest BCUT2D eigenvalue weighted by molar-refractivity contribution is 5.92. The number of carbonyl (C=O) groups excluding carboxylic acids is 1. The highest BCUT2D eigenvalue weighted by atomic mass is 16.1. The molecule has 0 aliphatic heterocycles. The second kappa shape index (κ2) is 3.86. The number of aryl methyl sites for hydroxylation is 1. The molecule has 0 heterocycles. The Morgan fingerprint density at radius 2 is 2.00 bits per heavy atom. The van der Waals surface area contributed by atoms with Gasteiger partial charge in [0, 0.05) is 5.92 Å². The van der Waals surface area contributed by atoms with Gasteiger partial charge in [0.15, 0.2) is 5.78 Å². The highest BCUT2D eigenvalue weighted by Gasteiger charge is 2.35. The Morgan fingerprint density at radius 1 is 1.40 bits per heavy atom. The van der Waals surface area contributed by atoms with Crippen molar-refractivity contribution >= 4 is 5.78 Å². The number of Topliss-reactive ketones (excluding diaryl/α,β-unsaturated/α-hetero) is 1. The Hall–Kier alpha value is -1.62. The normalized spacial score (nSPS) is 16.8. The Morgan fingerprint density at radius 3 is 2.47 bits per heavy atom. The van der Waals surface area contributed by atoms with Gasteiger partial charge in [-0.2, -0.15) is 5.26 Å². The third-order valence-corrected chi connectivity index (χ3v) is 2.80. The molecule has 0 bridgehead atoms. The lowest BCUT2D eigenvalue weighted by atomic mass is 9.93. The highest BCUT2D eigenvalue weighted by Crippen LogP contribution is 2.35. The summed E-state index contributed by atoms with van der Waals surface area (Å²) in [6.07, 6.45) is 1.92. The summed E-state index contributed by atoms with van der Waals surface area (Å²) in [6, 6.07) is 9.75. The first-order valence-corrected chi connectivity index (χ1v) is 5.22. The minimum absolute atomic E-state index is 0.0985. The molecule has 1 saturated carbocycles. The molecule has 1 aliphatic rings. The molecular formula is C13H13NO. The lowest BCUT2D eigenvalue weighted by Gasteiger charge is -2.07. The lowest BCUT2D eigenvalue weighted by molar-refractivity contribution is -0.120. The van der Waals surface area contributed by atoms with E-state index >= 15 is 0 Å². The minimum Gasteiger partial charge on any atom is -0.298 e. The molecule has 76 valence electrons. The second-order valence-electron chi connectivity index (χ2n) is 4.15. The van der Waals surface area contributed by atoms with Crippen molar-refractivity contribution in [3.8, 4) is 6.07 Å². The van der Waals surface area contributed by atoms with Gasteiger partial charge in [0.2, 0.25) is 0 Å². The zero-order valence-electron chi connectivity index (χ0n) is 8.73. The molecule has 1 fully saturated rings. The van der Waals surface area contributed by atoms with Crippen LogP contribution in [-0.2, 0) is 4.79 Å². The van der Waals surface area contributed by atoms with E-state index in [9.17, 15) is 4.79 Å². The number of rotatable bonds is 3. The fraction of sp³-hybridized carbons (Fsp3) is 0.385. The van der Waals surface area contributed by atoms with Crippen molar-refractivity contribution in [2.75, 3.05) is 0 Å². The van der Waals surface area contributed by atoms with E-state index < -0.39 is 5.92 Å². The molecular weight excluding hydrogens is 186 g/mol. The summed E-state index contributed by atoms with van der Waals surface area (Å²) in [5.41, 5.74) is 1.98. The predicted molar refractivity (Wildman–Crippen MR) is 57.3 cm³/mol. The maximum atomic E-state index is 11.8. The largest absolute Gasteiger partial charge is 0.298 e. The quantitative estimate of drug-likeness (QED) is 0.750. The summed E-state index contributed by atoms with van der Waals surface area (Å²) in [5, 5.41) is 9.03. The van der Waals surface area contributed by atoms with Gasteiger partial charge >= 0.3 is 0 Å². The predicted octanol–water partition coefficient (Wildman–Crippen LogP) is 2.58. The molecule has 1 unspecified atom stereocenters. The Balaban J connectivity index is 2.23. The van der Waals surface area contributed by atoms with Crippen LogP contribution in [0.5, 0.6) is 0 Å². The van der Waals surface area contributed by atoms with Gasteiger partial charge in [0.1, 0.15) is 5.92 Å². The number of hydrogen-bond acceptors (Lipinski definition) is 2. The van der Waals surface area contributed by atoms with Gasteiger partial charge in [-0.1, -0.05) is 29.8 Å². The zero-order valence-corrected chi connectivity index (χ0v) is 8.73. The van der Waals surface area contributed by atoms with Gasteiger partial charge < -0.3 is 0 Å². The van der Waals surface area contributed by atoms with Crippen LogP contribution in [0.25, 0.3) is 0 Å². The third kappa shape index (κ3) is 2.07. The fourth-order valence-electron chi connectivity index (χ4n) is 1.66. The summed E-state index contributed by atoms with van der Waals surface area (Å²) in [7, 11) is 0. The van der Waals surface area contributed by atoms with Crippen LogP contribution < -0.4 is 0 Å². The number of benzene rings is 1. The molecule has 0 aromatic heterocycles. The fourth-order valence-corrected chi connectivity index (χ4v) is 1.66. The van der Waals surface area contributed by atoms with Crippen LogP contribution >= 0.6 is 0 Å². The molecule has 0 radical (unpaired) electrons. The smallest absolute Gasteiger partial charge is 0.157 e. The van der Waals surface area contributed by atoms with Crippen LogP contribution in [0.3, 0.4) is 0 Å². The Labute approximate surface area is 89.5 Å². The SMILES string of the molecule is Cc1ccc(C(C#N)C(=O)C2CC2)cc1. The van der Waals surface area contributed by atoms with Crippen molar-refractivity contribution in [2.24, 2.45) is 5.92 Å². The van der Waals surface area contributed by atoms with Crippen molar-refractivity contribution in [2.45, 2.75) is 25.7 Å². The van der Waals surface area contributed by atoms with Gasteiger partial charge in [-0.15, -0.1) is 0 Å². The van der Waals surface area contributed by atoms with E-state index in [1.165, 1.54) is 0 Å². The van der Waals surface area contributed by atoms with Crippen LogP contribution in [0.1, 0.15) is 29.9 Å². The van der Waals surface area contributed by atoms with Gasteiger partial charge in [0.05, 0.1) is 6.07 Å². The lowest BCUT2D eigenvalue weighted by Crippen LogP contribution is -2.12. The van der Waals surface area contributed by atoms with Crippen LogP contribution in [0.4, 0.5) is 0 Å². The van der Waals surface area contributed by atoms with E-state index in [2.05, 4.69) is 6.07 Å². The molecule has 1 aromatic carbocycles. The molecule has 0 N–H and O–H groups in total. The molecule has 1 atom stereocenters. The average molecular weight is 199 g/mol. The van der Waals surface area contributed by atoms with Gasteiger partial charge in [-0.05, 0) is 25.3 Å². The molecule has 0 spiro atoms. The maximum Gasteiger partial charge on any atom is 0.157 e. The van der Waals surface area contributed by atoms with Gasteiger partial charge in [-0.3, -0.25) is 4.79 Å². The molecule has 1 aromatic rings. The molecule has 0 amide bonds.